The number of nitro groups is 1. The van der Waals surface area contributed by atoms with Crippen molar-refractivity contribution in [3.05, 3.63) is 27.3 Å². The molecule has 2 aromatic rings. The molecule has 1 aromatic carbocycles. The van der Waals surface area contributed by atoms with E-state index < -0.39 is 0 Å². The second kappa shape index (κ2) is 4.94. The third-order valence-corrected chi connectivity index (χ3v) is 5.21. The lowest BCUT2D eigenvalue weighted by Gasteiger charge is -2.17. The van der Waals surface area contributed by atoms with E-state index in [2.05, 4.69) is 30.7 Å². The molecule has 1 fully saturated rings. The Morgan fingerprint density at radius 1 is 1.29 bits per heavy atom. The van der Waals surface area contributed by atoms with Crippen molar-refractivity contribution in [2.45, 2.75) is 39.0 Å². The summed E-state index contributed by atoms with van der Waals surface area (Å²) >= 11 is 1.55. The number of rotatable bonds is 2. The number of hydrogen-bond acceptors (Lipinski definition) is 5. The Hall–Kier alpha value is -1.69. The summed E-state index contributed by atoms with van der Waals surface area (Å²) in [7, 11) is 0. The molecule has 0 radical (unpaired) electrons. The van der Waals surface area contributed by atoms with Gasteiger partial charge in [0.25, 0.3) is 5.69 Å². The maximum absolute atomic E-state index is 11.4. The van der Waals surface area contributed by atoms with Crippen molar-refractivity contribution in [1.82, 2.24) is 4.98 Å². The molecule has 1 saturated heterocycles. The van der Waals surface area contributed by atoms with Crippen LogP contribution in [0.2, 0.25) is 0 Å². The first-order valence-corrected chi connectivity index (χ1v) is 8.02. The van der Waals surface area contributed by atoms with Gasteiger partial charge in [0.05, 0.1) is 20.1 Å². The van der Waals surface area contributed by atoms with Gasteiger partial charge in [0, 0.05) is 24.6 Å². The predicted molar refractivity (Wildman–Crippen MR) is 86.4 cm³/mol. The largest absolute Gasteiger partial charge is 0.366 e. The van der Waals surface area contributed by atoms with Gasteiger partial charge >= 0.3 is 0 Å². The molecule has 5 nitrogen and oxygen atoms in total. The van der Waals surface area contributed by atoms with Gasteiger partial charge in [-0.1, -0.05) is 20.8 Å². The highest BCUT2D eigenvalue weighted by atomic mass is 32.1. The van der Waals surface area contributed by atoms with Crippen LogP contribution in [-0.2, 0) is 5.41 Å². The Kier molecular flexibility index (Phi) is 3.36. The van der Waals surface area contributed by atoms with Crippen LogP contribution in [0.3, 0.4) is 0 Å². The van der Waals surface area contributed by atoms with Crippen LogP contribution in [-0.4, -0.2) is 23.0 Å². The fourth-order valence-corrected chi connectivity index (χ4v) is 3.67. The van der Waals surface area contributed by atoms with Gasteiger partial charge in [0.1, 0.15) is 5.69 Å². The molecule has 0 amide bonds. The summed E-state index contributed by atoms with van der Waals surface area (Å²) in [5.74, 6) is 0. The fraction of sp³-hybridized carbons (Fsp3) is 0.533. The number of hydrogen-bond donors (Lipinski definition) is 0. The SMILES string of the molecule is CC(C)(C)c1nc2cc(N3CCCC3)c([N+](=O)[O-])cc2s1. The van der Waals surface area contributed by atoms with Gasteiger partial charge in [0.2, 0.25) is 0 Å². The zero-order valence-corrected chi connectivity index (χ0v) is 13.4. The van der Waals surface area contributed by atoms with Crippen LogP contribution in [0, 0.1) is 10.1 Å². The first-order chi connectivity index (χ1) is 9.86. The minimum atomic E-state index is -0.274. The van der Waals surface area contributed by atoms with Crippen LogP contribution in [0.4, 0.5) is 11.4 Å². The number of thiazole rings is 1. The molecule has 0 unspecified atom stereocenters. The van der Waals surface area contributed by atoms with Crippen molar-refractivity contribution < 1.29 is 4.92 Å². The number of nitrogens with zero attached hydrogens (tertiary/aromatic N) is 3. The smallest absolute Gasteiger partial charge is 0.294 e. The first kappa shape index (κ1) is 14.3. The molecule has 0 bridgehead atoms. The van der Waals surface area contributed by atoms with Crippen LogP contribution < -0.4 is 4.90 Å². The van der Waals surface area contributed by atoms with Crippen LogP contribution in [0.25, 0.3) is 10.2 Å². The van der Waals surface area contributed by atoms with Crippen molar-refractivity contribution in [2.75, 3.05) is 18.0 Å². The van der Waals surface area contributed by atoms with Crippen LogP contribution >= 0.6 is 11.3 Å². The normalized spacial score (nSPS) is 15.9. The highest BCUT2D eigenvalue weighted by Crippen LogP contribution is 2.39. The Balaban J connectivity index is 2.16. The minimum Gasteiger partial charge on any atom is -0.366 e. The Morgan fingerprint density at radius 3 is 2.52 bits per heavy atom. The molecule has 0 aliphatic carbocycles. The Bertz CT molecular complexity index is 697. The molecule has 1 aliphatic heterocycles. The summed E-state index contributed by atoms with van der Waals surface area (Å²) in [5, 5.41) is 12.4. The van der Waals surface area contributed by atoms with Gasteiger partial charge in [-0.15, -0.1) is 11.3 Å². The predicted octanol–water partition coefficient (Wildman–Crippen LogP) is 4.10. The lowest BCUT2D eigenvalue weighted by atomic mass is 9.98. The average molecular weight is 305 g/mol. The van der Waals surface area contributed by atoms with Crippen molar-refractivity contribution in [3.63, 3.8) is 0 Å². The van der Waals surface area contributed by atoms with Crippen LogP contribution in [0.5, 0.6) is 0 Å². The summed E-state index contributed by atoms with van der Waals surface area (Å²) in [6.45, 7) is 8.12. The zero-order chi connectivity index (χ0) is 15.2. The summed E-state index contributed by atoms with van der Waals surface area (Å²) in [6.07, 6.45) is 2.19. The standard InChI is InChI=1S/C15H19N3O2S/c1-15(2,3)14-16-10-8-11(17-6-4-5-7-17)12(18(19)20)9-13(10)21-14/h8-9H,4-7H2,1-3H3. The molecule has 0 N–H and O–H groups in total. The molecule has 1 aromatic heterocycles. The number of aromatic nitrogens is 1. The molecule has 0 atom stereocenters. The molecule has 21 heavy (non-hydrogen) atoms. The molecule has 112 valence electrons. The average Bonchev–Trinajstić information content (AvgIpc) is 3.05. The molecule has 0 saturated carbocycles. The van der Waals surface area contributed by atoms with Crippen LogP contribution in [0.15, 0.2) is 12.1 Å². The number of nitro benzene ring substituents is 1. The maximum atomic E-state index is 11.4. The van der Waals surface area contributed by atoms with Gasteiger partial charge in [-0.2, -0.15) is 0 Å². The number of benzene rings is 1. The summed E-state index contributed by atoms with van der Waals surface area (Å²) < 4.78 is 0.898. The second-order valence-corrected chi connectivity index (χ2v) is 7.56. The summed E-state index contributed by atoms with van der Waals surface area (Å²) in [5.41, 5.74) is 1.76. The third-order valence-electron chi connectivity index (χ3n) is 3.77. The Labute approximate surface area is 127 Å². The van der Waals surface area contributed by atoms with E-state index in [0.717, 1.165) is 46.8 Å². The minimum absolute atomic E-state index is 0.0354. The van der Waals surface area contributed by atoms with E-state index in [1.807, 2.05) is 6.07 Å². The van der Waals surface area contributed by atoms with Gasteiger partial charge in [-0.05, 0) is 18.9 Å². The van der Waals surface area contributed by atoms with E-state index in [0.29, 0.717) is 0 Å². The van der Waals surface area contributed by atoms with Crippen LogP contribution in [0.1, 0.15) is 38.6 Å². The van der Waals surface area contributed by atoms with Gasteiger partial charge in [0.15, 0.2) is 0 Å². The number of fused-ring (bicyclic) bond motifs is 1. The summed E-state index contributed by atoms with van der Waals surface area (Å²) in [6, 6.07) is 3.58. The van der Waals surface area contributed by atoms with E-state index in [9.17, 15) is 10.1 Å². The van der Waals surface area contributed by atoms with E-state index in [4.69, 9.17) is 0 Å². The van der Waals surface area contributed by atoms with Gasteiger partial charge in [-0.25, -0.2) is 4.98 Å². The molecular formula is C15H19N3O2S. The molecular weight excluding hydrogens is 286 g/mol. The quantitative estimate of drug-likeness (QED) is 0.619. The zero-order valence-electron chi connectivity index (χ0n) is 12.5. The van der Waals surface area contributed by atoms with Gasteiger partial charge in [-0.3, -0.25) is 10.1 Å². The molecule has 6 heteroatoms. The summed E-state index contributed by atoms with van der Waals surface area (Å²) in [4.78, 5) is 17.9. The van der Waals surface area contributed by atoms with E-state index in [1.165, 1.54) is 0 Å². The second-order valence-electron chi connectivity index (χ2n) is 6.53. The van der Waals surface area contributed by atoms with E-state index in [1.54, 1.807) is 17.4 Å². The van der Waals surface area contributed by atoms with Crippen molar-refractivity contribution in [2.24, 2.45) is 0 Å². The molecule has 3 rings (SSSR count). The number of anilines is 1. The van der Waals surface area contributed by atoms with Gasteiger partial charge < -0.3 is 4.90 Å². The fourth-order valence-electron chi connectivity index (χ4n) is 2.63. The van der Waals surface area contributed by atoms with E-state index >= 15 is 0 Å². The first-order valence-electron chi connectivity index (χ1n) is 7.20. The van der Waals surface area contributed by atoms with Crippen molar-refractivity contribution >= 4 is 32.9 Å². The topological polar surface area (TPSA) is 59.3 Å². The van der Waals surface area contributed by atoms with E-state index in [-0.39, 0.29) is 16.0 Å². The van der Waals surface area contributed by atoms with Crippen molar-refractivity contribution in [1.29, 1.82) is 0 Å². The molecule has 2 heterocycles. The lowest BCUT2D eigenvalue weighted by molar-refractivity contribution is -0.384. The highest BCUT2D eigenvalue weighted by molar-refractivity contribution is 7.18. The highest BCUT2D eigenvalue weighted by Gasteiger charge is 2.26. The Morgan fingerprint density at radius 2 is 1.95 bits per heavy atom. The third kappa shape index (κ3) is 2.60. The maximum Gasteiger partial charge on any atom is 0.294 e. The monoisotopic (exact) mass is 305 g/mol. The molecule has 1 aliphatic rings. The molecule has 0 spiro atoms. The lowest BCUT2D eigenvalue weighted by Crippen LogP contribution is -2.18. The van der Waals surface area contributed by atoms with Crippen molar-refractivity contribution in [3.8, 4) is 0 Å².